The van der Waals surface area contributed by atoms with E-state index in [0.717, 1.165) is 11.4 Å². The lowest BCUT2D eigenvalue weighted by Gasteiger charge is -2.28. The van der Waals surface area contributed by atoms with Crippen molar-refractivity contribution in [1.82, 2.24) is 4.98 Å². The third-order valence-corrected chi connectivity index (χ3v) is 9.35. The Morgan fingerprint density at radius 1 is 1.39 bits per heavy atom. The molecule has 4 rings (SSSR count). The second-order valence-corrected chi connectivity index (χ2v) is 10.0. The van der Waals surface area contributed by atoms with Gasteiger partial charge in [0.1, 0.15) is 4.21 Å². The molecule has 0 amide bonds. The van der Waals surface area contributed by atoms with Crippen molar-refractivity contribution in [2.24, 2.45) is 0 Å². The van der Waals surface area contributed by atoms with E-state index in [4.69, 9.17) is 22.3 Å². The summed E-state index contributed by atoms with van der Waals surface area (Å²) in [6.07, 6.45) is 3.84. The maximum atomic E-state index is 6.36. The van der Waals surface area contributed by atoms with E-state index in [-0.39, 0.29) is 4.21 Å². The summed E-state index contributed by atoms with van der Waals surface area (Å²) in [4.78, 5) is 5.43. The van der Waals surface area contributed by atoms with Crippen molar-refractivity contribution in [3.8, 4) is 0 Å². The van der Waals surface area contributed by atoms with E-state index in [1.807, 2.05) is 35.7 Å². The van der Waals surface area contributed by atoms with E-state index in [9.17, 15) is 0 Å². The molecule has 5 heteroatoms. The monoisotopic (exact) mass is 314 g/mol. The summed E-state index contributed by atoms with van der Waals surface area (Å²) in [5.41, 5.74) is 0.987. The van der Waals surface area contributed by atoms with Gasteiger partial charge in [-0.3, -0.25) is 4.98 Å². The maximum Gasteiger partial charge on any atom is 0.119 e. The first-order valence-electron chi connectivity index (χ1n) is 5.39. The van der Waals surface area contributed by atoms with Crippen molar-refractivity contribution < 1.29 is 0 Å². The highest BCUT2D eigenvalue weighted by atomic mass is 35.7. The summed E-state index contributed by atoms with van der Waals surface area (Å²) in [6, 6.07) is 9.71. The van der Waals surface area contributed by atoms with Gasteiger partial charge in [-0.25, -0.2) is 0 Å². The summed E-state index contributed by atoms with van der Waals surface area (Å²) >= 11 is 7.75. The van der Waals surface area contributed by atoms with Gasteiger partial charge >= 0.3 is 0 Å². The second kappa shape index (κ2) is 4.57. The van der Waals surface area contributed by atoms with Crippen molar-refractivity contribution >= 4 is 47.8 Å². The van der Waals surface area contributed by atoms with Gasteiger partial charge in [-0.15, -0.1) is 32.2 Å². The fourth-order valence-corrected chi connectivity index (χ4v) is 6.90. The minimum absolute atomic E-state index is 0.179. The van der Waals surface area contributed by atoms with E-state index in [1.54, 1.807) is 17.5 Å². The molecule has 1 nitrogen and oxygen atoms in total. The predicted molar refractivity (Wildman–Crippen MR) is 82.3 cm³/mol. The molecular weight excluding hydrogens is 305 g/mol. The van der Waals surface area contributed by atoms with E-state index in [0.29, 0.717) is 0 Å². The Balaban J connectivity index is 0.000000169. The Bertz CT molecular complexity index is 553. The van der Waals surface area contributed by atoms with Crippen LogP contribution in [-0.2, 0) is 0 Å². The summed E-state index contributed by atoms with van der Waals surface area (Å²) in [5, 5.41) is 4.89. The molecule has 2 unspecified atom stereocenters. The van der Waals surface area contributed by atoms with Gasteiger partial charge in [-0.1, -0.05) is 22.8 Å². The zero-order valence-corrected chi connectivity index (χ0v) is 12.5. The van der Waals surface area contributed by atoms with Gasteiger partial charge in [0, 0.05) is 22.2 Å². The molecule has 2 atom stereocenters. The standard InChI is InChI=1S/C9H7Cl2NS.C4H3S/c10-9-5-8(13(9,11)6-9)7-3-1-2-4-12-7;1-2-4-5-3-1/h1-5H,6H2;1-3H. The molecule has 1 fully saturated rings. The third kappa shape index (κ3) is 1.99. The van der Waals surface area contributed by atoms with E-state index in [1.165, 1.54) is 4.91 Å². The molecule has 4 heterocycles. The molecule has 18 heavy (non-hydrogen) atoms. The van der Waals surface area contributed by atoms with Crippen molar-refractivity contribution in [2.75, 3.05) is 5.75 Å². The normalized spacial score (nSPS) is 34.9. The molecule has 93 valence electrons. The van der Waals surface area contributed by atoms with Crippen molar-refractivity contribution in [1.29, 1.82) is 0 Å². The molecule has 1 saturated heterocycles. The highest BCUT2D eigenvalue weighted by Crippen LogP contribution is 2.94. The van der Waals surface area contributed by atoms with Gasteiger partial charge in [0.05, 0.1) is 5.69 Å². The molecule has 0 spiro atoms. The van der Waals surface area contributed by atoms with Crippen LogP contribution in [0, 0.1) is 5.38 Å². The van der Waals surface area contributed by atoms with Crippen LogP contribution >= 0.6 is 42.9 Å². The molecule has 2 aromatic rings. The number of hydrogen-bond donors (Lipinski definition) is 0. The number of alkyl halides is 1. The van der Waals surface area contributed by atoms with Crippen LogP contribution in [0.3, 0.4) is 0 Å². The molecule has 1 radical (unpaired) electrons. The van der Waals surface area contributed by atoms with Crippen molar-refractivity contribution in [3.63, 3.8) is 0 Å². The minimum atomic E-state index is -1.17. The van der Waals surface area contributed by atoms with Crippen LogP contribution in [0.15, 0.2) is 48.0 Å². The average Bonchev–Trinajstić information content (AvgIpc) is 2.88. The number of thiophene rings is 1. The van der Waals surface area contributed by atoms with E-state index >= 15 is 0 Å². The van der Waals surface area contributed by atoms with Gasteiger partial charge < -0.3 is 0 Å². The molecule has 2 aromatic heterocycles. The second-order valence-electron chi connectivity index (χ2n) is 4.04. The lowest BCUT2D eigenvalue weighted by atomic mass is 10.3. The lowest BCUT2D eigenvalue weighted by Crippen LogP contribution is -2.07. The molecular formula is C13H10Cl2NS2. The molecule has 0 aliphatic carbocycles. The fraction of sp³-hybridized carbons (Fsp3) is 0.154. The Morgan fingerprint density at radius 2 is 2.28 bits per heavy atom. The topological polar surface area (TPSA) is 12.9 Å². The number of aromatic nitrogens is 1. The van der Waals surface area contributed by atoms with E-state index in [2.05, 4.69) is 16.4 Å². The molecule has 0 bridgehead atoms. The van der Waals surface area contributed by atoms with Gasteiger partial charge in [0.15, 0.2) is 0 Å². The van der Waals surface area contributed by atoms with Crippen LogP contribution in [0.2, 0.25) is 0 Å². The van der Waals surface area contributed by atoms with Crippen LogP contribution in [0.4, 0.5) is 0 Å². The Labute approximate surface area is 121 Å². The number of hydrogen-bond acceptors (Lipinski definition) is 2. The zero-order chi connectivity index (χ0) is 12.6. The molecule has 0 saturated carbocycles. The summed E-state index contributed by atoms with van der Waals surface area (Å²) in [7, 11) is 5.19. The summed E-state index contributed by atoms with van der Waals surface area (Å²) in [5.74, 6) is 0.926. The first-order chi connectivity index (χ1) is 8.66. The van der Waals surface area contributed by atoms with Gasteiger partial charge in [0.2, 0.25) is 0 Å². The van der Waals surface area contributed by atoms with Crippen LogP contribution < -0.4 is 0 Å². The number of nitrogens with zero attached hydrogens (tertiary/aromatic N) is 1. The lowest BCUT2D eigenvalue weighted by molar-refractivity contribution is 1.25. The number of halogens is 2. The third-order valence-electron chi connectivity index (χ3n) is 2.84. The molecule has 2 aliphatic heterocycles. The highest BCUT2D eigenvalue weighted by Gasteiger charge is 2.70. The first kappa shape index (κ1) is 12.5. The highest BCUT2D eigenvalue weighted by molar-refractivity contribution is 8.65. The van der Waals surface area contributed by atoms with Crippen molar-refractivity contribution in [3.05, 3.63) is 59.1 Å². The average molecular weight is 315 g/mol. The number of pyridine rings is 1. The summed E-state index contributed by atoms with van der Waals surface area (Å²) in [6.45, 7) is 0. The fourth-order valence-electron chi connectivity index (χ4n) is 1.81. The van der Waals surface area contributed by atoms with Crippen molar-refractivity contribution in [2.45, 2.75) is 4.21 Å². The Kier molecular flexibility index (Phi) is 3.18. The Morgan fingerprint density at radius 3 is 2.67 bits per heavy atom. The SMILES string of the molecule is ClC12C=C(c3ccccn3)S1(Cl)C2.[c]1cccs1. The summed E-state index contributed by atoms with van der Waals surface area (Å²) < 4.78 is -0.179. The van der Waals surface area contributed by atoms with E-state index < -0.39 is 9.24 Å². The zero-order valence-electron chi connectivity index (χ0n) is 9.35. The van der Waals surface area contributed by atoms with Crippen LogP contribution in [0.5, 0.6) is 0 Å². The minimum Gasteiger partial charge on any atom is -0.256 e. The van der Waals surface area contributed by atoms with Gasteiger partial charge in [-0.05, 0) is 29.7 Å². The largest absolute Gasteiger partial charge is 0.256 e. The predicted octanol–water partition coefficient (Wildman–Crippen LogP) is 4.89. The van der Waals surface area contributed by atoms with Gasteiger partial charge in [-0.2, -0.15) is 0 Å². The maximum absolute atomic E-state index is 6.36. The quantitative estimate of drug-likeness (QED) is 0.539. The van der Waals surface area contributed by atoms with Crippen LogP contribution in [0.25, 0.3) is 4.91 Å². The van der Waals surface area contributed by atoms with Gasteiger partial charge in [0.25, 0.3) is 0 Å². The number of fused-ring (bicyclic) bond motifs is 1. The van der Waals surface area contributed by atoms with Crippen LogP contribution in [-0.4, -0.2) is 14.9 Å². The smallest absolute Gasteiger partial charge is 0.119 e. The first-order valence-corrected chi connectivity index (χ1v) is 9.27. The Hall–Kier alpha value is -0.480. The van der Waals surface area contributed by atoms with Crippen LogP contribution in [0.1, 0.15) is 5.69 Å². The molecule has 0 aromatic carbocycles. The number of rotatable bonds is 1. The molecule has 0 N–H and O–H groups in total. The molecule has 2 aliphatic rings.